The number of hydrogen-bond donors (Lipinski definition) is 1. The molecule has 1 aliphatic carbocycles. The lowest BCUT2D eigenvalue weighted by atomic mass is 9.83. The van der Waals surface area contributed by atoms with Gasteiger partial charge < -0.3 is 9.67 Å². The zero-order valence-electron chi connectivity index (χ0n) is 10.8. The van der Waals surface area contributed by atoms with Gasteiger partial charge in [-0.25, -0.2) is 0 Å². The summed E-state index contributed by atoms with van der Waals surface area (Å²) in [4.78, 5) is 23.7. The largest absolute Gasteiger partial charge is 0.481 e. The monoisotopic (exact) mass is 269 g/mol. The zero-order chi connectivity index (χ0) is 13.3. The highest BCUT2D eigenvalue weighted by Crippen LogP contribution is 2.31. The van der Waals surface area contributed by atoms with Crippen LogP contribution >= 0.6 is 11.3 Å². The molecule has 1 N–H and O–H groups in total. The van der Waals surface area contributed by atoms with E-state index < -0.39 is 5.97 Å². The van der Waals surface area contributed by atoms with Gasteiger partial charge in [0.15, 0.2) is 0 Å². The Balaban J connectivity index is 2.20. The molecule has 0 saturated heterocycles. The number of hydrogen-bond acceptors (Lipinski definition) is 3. The van der Waals surface area contributed by atoms with E-state index in [0.717, 1.165) is 25.0 Å². The zero-order valence-corrected chi connectivity index (χ0v) is 11.6. The van der Waals surface area contributed by atoms with Gasteiger partial charge in [0.05, 0.1) is 6.42 Å². The first kappa shape index (κ1) is 13.3. The third-order valence-electron chi connectivity index (χ3n) is 3.77. The Hall–Kier alpha value is -1.10. The van der Waals surface area contributed by atoms with Crippen LogP contribution in [0, 0.1) is 11.8 Å². The highest BCUT2D eigenvalue weighted by Gasteiger charge is 2.26. The van der Waals surface area contributed by atoms with Crippen LogP contribution in [0.1, 0.15) is 37.3 Å². The van der Waals surface area contributed by atoms with Gasteiger partial charge in [-0.15, -0.1) is 0 Å². The molecule has 1 aromatic rings. The maximum Gasteiger partial charge on any atom is 0.307 e. The van der Waals surface area contributed by atoms with E-state index in [4.69, 9.17) is 5.11 Å². The van der Waals surface area contributed by atoms with Crippen molar-refractivity contribution in [2.24, 2.45) is 11.8 Å². The van der Waals surface area contributed by atoms with Gasteiger partial charge in [-0.3, -0.25) is 9.59 Å². The van der Waals surface area contributed by atoms with Crippen LogP contribution in [-0.4, -0.2) is 15.6 Å². The van der Waals surface area contributed by atoms with Crippen molar-refractivity contribution in [1.29, 1.82) is 0 Å². The molecule has 0 saturated carbocycles. The smallest absolute Gasteiger partial charge is 0.307 e. The standard InChI is InChI=1S/C13H19NO3S/c1-8(2)9-3-4-10-11(7-9)18-13(17)14(10)6-5-12(15)16/h8-9H,3-7H2,1-2H3,(H,15,16). The van der Waals surface area contributed by atoms with Crippen LogP contribution in [0.5, 0.6) is 0 Å². The summed E-state index contributed by atoms with van der Waals surface area (Å²) in [5.74, 6) is 0.448. The van der Waals surface area contributed by atoms with Crippen molar-refractivity contribution in [1.82, 2.24) is 4.57 Å². The molecule has 5 heteroatoms. The van der Waals surface area contributed by atoms with Crippen LogP contribution < -0.4 is 4.87 Å². The van der Waals surface area contributed by atoms with Crippen molar-refractivity contribution in [3.8, 4) is 0 Å². The first-order chi connectivity index (χ1) is 8.49. The van der Waals surface area contributed by atoms with Crippen molar-refractivity contribution < 1.29 is 9.90 Å². The molecule has 0 spiro atoms. The second-order valence-corrected chi connectivity index (χ2v) is 6.33. The Labute approximate surface area is 110 Å². The van der Waals surface area contributed by atoms with Gasteiger partial charge in [0, 0.05) is 17.1 Å². The van der Waals surface area contributed by atoms with Crippen LogP contribution in [0.15, 0.2) is 4.79 Å². The van der Waals surface area contributed by atoms with E-state index in [9.17, 15) is 9.59 Å². The molecule has 0 aliphatic heterocycles. The van der Waals surface area contributed by atoms with Gasteiger partial charge in [-0.1, -0.05) is 25.2 Å². The molecule has 1 aliphatic rings. The number of thiazole rings is 1. The Morgan fingerprint density at radius 2 is 2.28 bits per heavy atom. The fraction of sp³-hybridized carbons (Fsp3) is 0.692. The molecular formula is C13H19NO3S. The van der Waals surface area contributed by atoms with Gasteiger partial charge in [0.25, 0.3) is 0 Å². The summed E-state index contributed by atoms with van der Waals surface area (Å²) in [7, 11) is 0. The number of rotatable bonds is 4. The Morgan fingerprint density at radius 3 is 2.89 bits per heavy atom. The van der Waals surface area contributed by atoms with E-state index in [2.05, 4.69) is 13.8 Å². The summed E-state index contributed by atoms with van der Waals surface area (Å²) >= 11 is 1.30. The average molecular weight is 269 g/mol. The van der Waals surface area contributed by atoms with Crippen molar-refractivity contribution in [3.63, 3.8) is 0 Å². The van der Waals surface area contributed by atoms with Gasteiger partial charge in [-0.05, 0) is 31.1 Å². The molecule has 1 heterocycles. The summed E-state index contributed by atoms with van der Waals surface area (Å²) in [6.07, 6.45) is 3.02. The highest BCUT2D eigenvalue weighted by atomic mass is 32.1. The molecule has 0 bridgehead atoms. The molecular weight excluding hydrogens is 250 g/mol. The Bertz CT molecular complexity index is 501. The van der Waals surface area contributed by atoms with Crippen LogP contribution in [0.25, 0.3) is 0 Å². The molecule has 0 fully saturated rings. The fourth-order valence-electron chi connectivity index (χ4n) is 2.58. The van der Waals surface area contributed by atoms with E-state index in [1.807, 2.05) is 0 Å². The molecule has 0 aromatic carbocycles. The van der Waals surface area contributed by atoms with Crippen LogP contribution in [0.2, 0.25) is 0 Å². The van der Waals surface area contributed by atoms with E-state index in [-0.39, 0.29) is 11.3 Å². The van der Waals surface area contributed by atoms with E-state index >= 15 is 0 Å². The predicted molar refractivity (Wildman–Crippen MR) is 71.2 cm³/mol. The summed E-state index contributed by atoms with van der Waals surface area (Å²) in [5.41, 5.74) is 1.09. The number of carboxylic acid groups (broad SMARTS) is 1. The van der Waals surface area contributed by atoms with Crippen molar-refractivity contribution in [2.45, 2.75) is 46.1 Å². The lowest BCUT2D eigenvalue weighted by Gasteiger charge is -2.25. The first-order valence-corrected chi connectivity index (χ1v) is 7.24. The van der Waals surface area contributed by atoms with Gasteiger partial charge in [-0.2, -0.15) is 0 Å². The number of carboxylic acids is 1. The third-order valence-corrected chi connectivity index (χ3v) is 4.81. The Morgan fingerprint density at radius 1 is 1.56 bits per heavy atom. The number of aromatic nitrogens is 1. The lowest BCUT2D eigenvalue weighted by molar-refractivity contribution is -0.137. The molecule has 1 aromatic heterocycles. The second kappa shape index (κ2) is 5.26. The minimum atomic E-state index is -0.849. The molecule has 4 nitrogen and oxygen atoms in total. The number of carbonyl (C=O) groups is 1. The topological polar surface area (TPSA) is 59.3 Å². The SMILES string of the molecule is CC(C)C1CCc2c(sc(=O)n2CCC(=O)O)C1. The van der Waals surface area contributed by atoms with Crippen LogP contribution in [-0.2, 0) is 24.2 Å². The van der Waals surface area contributed by atoms with Crippen molar-refractivity contribution in [3.05, 3.63) is 20.2 Å². The van der Waals surface area contributed by atoms with Crippen LogP contribution in [0.4, 0.5) is 0 Å². The lowest BCUT2D eigenvalue weighted by Crippen LogP contribution is -2.23. The summed E-state index contributed by atoms with van der Waals surface area (Å²) in [6.45, 7) is 4.76. The van der Waals surface area contributed by atoms with E-state index in [1.54, 1.807) is 4.57 Å². The van der Waals surface area contributed by atoms with Crippen molar-refractivity contribution in [2.75, 3.05) is 0 Å². The molecule has 100 valence electrons. The highest BCUT2D eigenvalue weighted by molar-refractivity contribution is 7.09. The maximum atomic E-state index is 11.9. The number of fused-ring (bicyclic) bond motifs is 1. The average Bonchev–Trinajstić information content (AvgIpc) is 2.60. The number of nitrogens with zero attached hydrogens (tertiary/aromatic N) is 1. The third kappa shape index (κ3) is 2.66. The van der Waals surface area contributed by atoms with Crippen molar-refractivity contribution >= 4 is 17.3 Å². The predicted octanol–water partition coefficient (Wildman–Crippen LogP) is 2.15. The maximum absolute atomic E-state index is 11.9. The molecule has 0 amide bonds. The normalized spacial score (nSPS) is 18.9. The molecule has 0 radical (unpaired) electrons. The Kier molecular flexibility index (Phi) is 3.90. The molecule has 1 unspecified atom stereocenters. The van der Waals surface area contributed by atoms with Gasteiger partial charge in [0.1, 0.15) is 0 Å². The first-order valence-electron chi connectivity index (χ1n) is 6.42. The fourth-order valence-corrected chi connectivity index (χ4v) is 3.73. The van der Waals surface area contributed by atoms with Crippen LogP contribution in [0.3, 0.4) is 0 Å². The number of aliphatic carboxylic acids is 1. The van der Waals surface area contributed by atoms with Gasteiger partial charge >= 0.3 is 10.8 Å². The quantitative estimate of drug-likeness (QED) is 0.911. The molecule has 18 heavy (non-hydrogen) atoms. The summed E-state index contributed by atoms with van der Waals surface area (Å²) in [5, 5.41) is 8.71. The summed E-state index contributed by atoms with van der Waals surface area (Å²) in [6, 6.07) is 0. The molecule has 1 atom stereocenters. The molecule has 2 rings (SSSR count). The minimum absolute atomic E-state index is 0.00524. The summed E-state index contributed by atoms with van der Waals surface area (Å²) < 4.78 is 1.67. The van der Waals surface area contributed by atoms with E-state index in [1.165, 1.54) is 16.2 Å². The second-order valence-electron chi connectivity index (χ2n) is 5.28. The minimum Gasteiger partial charge on any atom is -0.481 e. The van der Waals surface area contributed by atoms with Gasteiger partial charge in [0.2, 0.25) is 0 Å². The van der Waals surface area contributed by atoms with E-state index in [0.29, 0.717) is 18.4 Å².